The zero-order valence-electron chi connectivity index (χ0n) is 9.26. The van der Waals surface area contributed by atoms with Crippen molar-refractivity contribution in [2.24, 2.45) is 11.3 Å². The van der Waals surface area contributed by atoms with Gasteiger partial charge in [-0.25, -0.2) is 0 Å². The Balaban J connectivity index is 1.71. The van der Waals surface area contributed by atoms with E-state index in [-0.39, 0.29) is 5.41 Å². The van der Waals surface area contributed by atoms with Gasteiger partial charge in [-0.15, -0.1) is 0 Å². The fourth-order valence-electron chi connectivity index (χ4n) is 2.23. The molecule has 0 saturated heterocycles. The molecule has 2 N–H and O–H groups in total. The number of hydrogen-bond donors (Lipinski definition) is 2. The van der Waals surface area contributed by atoms with Crippen LogP contribution in [-0.2, 0) is 0 Å². The van der Waals surface area contributed by atoms with Crippen LogP contribution in [0, 0.1) is 11.3 Å². The molecule has 0 bridgehead atoms. The van der Waals surface area contributed by atoms with Crippen molar-refractivity contribution in [1.82, 2.24) is 5.32 Å². The molecule has 0 aromatic rings. The lowest BCUT2D eigenvalue weighted by molar-refractivity contribution is 0.201. The zero-order chi connectivity index (χ0) is 10.0. The predicted octanol–water partition coefficient (Wildman–Crippen LogP) is 1.93. The molecule has 2 saturated carbocycles. The number of nitrogens with one attached hydrogen (secondary N) is 1. The van der Waals surface area contributed by atoms with E-state index >= 15 is 0 Å². The third-order valence-corrected chi connectivity index (χ3v) is 3.82. The van der Waals surface area contributed by atoms with Crippen molar-refractivity contribution in [2.45, 2.75) is 51.5 Å². The molecule has 0 aromatic carbocycles. The maximum atomic E-state index is 9.21. The highest BCUT2D eigenvalue weighted by Crippen LogP contribution is 2.45. The molecule has 0 aliphatic heterocycles. The molecule has 0 heterocycles. The first kappa shape index (κ1) is 10.4. The minimum absolute atomic E-state index is 0.279. The summed E-state index contributed by atoms with van der Waals surface area (Å²) in [7, 11) is 0. The fourth-order valence-corrected chi connectivity index (χ4v) is 2.23. The van der Waals surface area contributed by atoms with Gasteiger partial charge in [0.2, 0.25) is 0 Å². The van der Waals surface area contributed by atoms with Crippen molar-refractivity contribution in [2.75, 3.05) is 13.2 Å². The monoisotopic (exact) mass is 197 g/mol. The minimum atomic E-state index is 0.279. The van der Waals surface area contributed by atoms with Crippen LogP contribution >= 0.6 is 0 Å². The molecule has 0 amide bonds. The van der Waals surface area contributed by atoms with Crippen molar-refractivity contribution < 1.29 is 5.11 Å². The van der Waals surface area contributed by atoms with Gasteiger partial charge in [0.15, 0.2) is 0 Å². The van der Waals surface area contributed by atoms with Crippen molar-refractivity contribution >= 4 is 0 Å². The lowest BCUT2D eigenvalue weighted by atomic mass is 10.0. The van der Waals surface area contributed by atoms with Crippen LogP contribution in [0.5, 0.6) is 0 Å². The summed E-state index contributed by atoms with van der Waals surface area (Å²) in [5.74, 6) is 0.949. The smallest absolute Gasteiger partial charge is 0.0499 e. The largest absolute Gasteiger partial charge is 0.396 e. The molecule has 2 heteroatoms. The van der Waals surface area contributed by atoms with Crippen LogP contribution in [0.15, 0.2) is 0 Å². The quantitative estimate of drug-likeness (QED) is 0.653. The molecule has 0 radical (unpaired) electrons. The molecular formula is C12H23NO. The minimum Gasteiger partial charge on any atom is -0.396 e. The van der Waals surface area contributed by atoms with Gasteiger partial charge in [0, 0.05) is 24.6 Å². The van der Waals surface area contributed by atoms with Gasteiger partial charge in [-0.3, -0.25) is 0 Å². The fraction of sp³-hybridized carbons (Fsp3) is 1.00. The van der Waals surface area contributed by atoms with Crippen LogP contribution in [-0.4, -0.2) is 24.3 Å². The average Bonchev–Trinajstić information content (AvgIpc) is 3.05. The van der Waals surface area contributed by atoms with Crippen LogP contribution in [0.25, 0.3) is 0 Å². The summed E-state index contributed by atoms with van der Waals surface area (Å²) in [5.41, 5.74) is 0.279. The van der Waals surface area contributed by atoms with E-state index in [0.717, 1.165) is 18.5 Å². The Labute approximate surface area is 87.1 Å². The average molecular weight is 197 g/mol. The molecule has 14 heavy (non-hydrogen) atoms. The first-order valence-corrected chi connectivity index (χ1v) is 6.14. The number of rotatable bonds is 7. The van der Waals surface area contributed by atoms with Gasteiger partial charge in [0.05, 0.1) is 0 Å². The van der Waals surface area contributed by atoms with Gasteiger partial charge in [-0.2, -0.15) is 0 Å². The van der Waals surface area contributed by atoms with Gasteiger partial charge >= 0.3 is 0 Å². The summed E-state index contributed by atoms with van der Waals surface area (Å²) >= 11 is 0. The second-order valence-electron chi connectivity index (χ2n) is 5.27. The van der Waals surface area contributed by atoms with Gasteiger partial charge in [0.25, 0.3) is 0 Å². The third-order valence-electron chi connectivity index (χ3n) is 3.82. The molecule has 2 rings (SSSR count). The van der Waals surface area contributed by atoms with Crippen molar-refractivity contribution in [3.8, 4) is 0 Å². The summed E-state index contributed by atoms with van der Waals surface area (Å²) in [6.07, 6.45) is 7.88. The summed E-state index contributed by atoms with van der Waals surface area (Å²) in [6.45, 7) is 3.68. The Kier molecular flexibility index (Phi) is 3.13. The van der Waals surface area contributed by atoms with Gasteiger partial charge in [0.1, 0.15) is 0 Å². The van der Waals surface area contributed by atoms with Gasteiger partial charge in [-0.1, -0.05) is 13.3 Å². The maximum Gasteiger partial charge on any atom is 0.0499 e. The maximum absolute atomic E-state index is 9.21. The van der Waals surface area contributed by atoms with Crippen molar-refractivity contribution in [3.05, 3.63) is 0 Å². The molecule has 0 spiro atoms. The van der Waals surface area contributed by atoms with E-state index in [2.05, 4.69) is 12.2 Å². The molecular weight excluding hydrogens is 174 g/mol. The zero-order valence-corrected chi connectivity index (χ0v) is 9.26. The molecule has 2 fully saturated rings. The molecule has 2 nitrogen and oxygen atoms in total. The molecule has 1 atom stereocenters. The lowest BCUT2D eigenvalue weighted by Crippen LogP contribution is -2.36. The highest BCUT2D eigenvalue weighted by molar-refractivity contribution is 4.96. The van der Waals surface area contributed by atoms with Crippen molar-refractivity contribution in [1.29, 1.82) is 0 Å². The summed E-state index contributed by atoms with van der Waals surface area (Å²) < 4.78 is 0. The van der Waals surface area contributed by atoms with E-state index in [1.165, 1.54) is 38.5 Å². The van der Waals surface area contributed by atoms with E-state index in [4.69, 9.17) is 0 Å². The van der Waals surface area contributed by atoms with Crippen LogP contribution in [0.4, 0.5) is 0 Å². The van der Waals surface area contributed by atoms with E-state index < -0.39 is 0 Å². The molecule has 82 valence electrons. The Morgan fingerprint density at radius 3 is 2.57 bits per heavy atom. The normalized spacial score (nSPS) is 26.1. The van der Waals surface area contributed by atoms with Crippen molar-refractivity contribution in [3.63, 3.8) is 0 Å². The number of aliphatic hydroxyl groups excluding tert-OH is 1. The molecule has 2 aliphatic rings. The number of aliphatic hydroxyl groups is 1. The van der Waals surface area contributed by atoms with E-state index in [1.54, 1.807) is 0 Å². The second kappa shape index (κ2) is 4.19. The topological polar surface area (TPSA) is 32.3 Å². The molecule has 1 unspecified atom stereocenters. The van der Waals surface area contributed by atoms with Crippen LogP contribution < -0.4 is 5.32 Å². The molecule has 2 aliphatic carbocycles. The Hall–Kier alpha value is -0.0800. The standard InChI is InChI=1S/C12H23NO/c1-2-3-11(10-4-5-10)13-8-12(9-14)6-7-12/h10-11,13-14H,2-9H2,1H3. The Bertz CT molecular complexity index is 185. The lowest BCUT2D eigenvalue weighted by Gasteiger charge is -2.21. The van der Waals surface area contributed by atoms with Crippen LogP contribution in [0.3, 0.4) is 0 Å². The number of hydrogen-bond acceptors (Lipinski definition) is 2. The summed E-state index contributed by atoms with van der Waals surface area (Å²) in [6, 6.07) is 0.740. The highest BCUT2D eigenvalue weighted by atomic mass is 16.3. The van der Waals surface area contributed by atoms with Crippen LogP contribution in [0.2, 0.25) is 0 Å². The Morgan fingerprint density at radius 2 is 2.14 bits per heavy atom. The van der Waals surface area contributed by atoms with Crippen LogP contribution in [0.1, 0.15) is 45.4 Å². The first-order chi connectivity index (χ1) is 6.79. The highest BCUT2D eigenvalue weighted by Gasteiger charge is 2.42. The first-order valence-electron chi connectivity index (χ1n) is 6.14. The predicted molar refractivity (Wildman–Crippen MR) is 58.2 cm³/mol. The summed E-state index contributed by atoms with van der Waals surface area (Å²) in [5, 5.41) is 12.9. The molecule has 0 aromatic heterocycles. The third kappa shape index (κ3) is 2.48. The summed E-state index contributed by atoms with van der Waals surface area (Å²) in [4.78, 5) is 0. The van der Waals surface area contributed by atoms with Gasteiger partial charge < -0.3 is 10.4 Å². The van der Waals surface area contributed by atoms with E-state index in [9.17, 15) is 5.11 Å². The Morgan fingerprint density at radius 1 is 1.43 bits per heavy atom. The van der Waals surface area contributed by atoms with Gasteiger partial charge in [-0.05, 0) is 38.0 Å². The SMILES string of the molecule is CCCC(NCC1(CO)CC1)C1CC1. The van der Waals surface area contributed by atoms with E-state index in [0.29, 0.717) is 6.61 Å². The van der Waals surface area contributed by atoms with E-state index in [1.807, 2.05) is 0 Å². The second-order valence-corrected chi connectivity index (χ2v) is 5.27.